The van der Waals surface area contributed by atoms with Crippen LogP contribution in [0.25, 0.3) is 0 Å². The Morgan fingerprint density at radius 3 is 2.07 bits per heavy atom. The number of rotatable bonds is 4. The Morgan fingerprint density at radius 2 is 1.73 bits per heavy atom. The minimum absolute atomic E-state index is 0.223. The number of carbonyl (C=O) groups is 1. The van der Waals surface area contributed by atoms with Gasteiger partial charge >= 0.3 is 18.3 Å². The van der Waals surface area contributed by atoms with Crippen LogP contribution in [0.3, 0.4) is 0 Å². The monoisotopic (exact) mass is 234 g/mol. The van der Waals surface area contributed by atoms with E-state index in [1.54, 1.807) is 0 Å². The van der Waals surface area contributed by atoms with Crippen molar-refractivity contribution in [2.24, 2.45) is 5.92 Å². The Morgan fingerprint density at radius 1 is 1.27 bits per heavy atom. The lowest BCUT2D eigenvalue weighted by molar-refractivity contribution is -0.281. The van der Waals surface area contributed by atoms with Gasteiger partial charge in [0.25, 0.3) is 0 Å². The van der Waals surface area contributed by atoms with Gasteiger partial charge < -0.3 is 4.74 Å². The van der Waals surface area contributed by atoms with Crippen molar-refractivity contribution in [3.63, 3.8) is 0 Å². The highest BCUT2D eigenvalue weighted by Crippen LogP contribution is 2.32. The second-order valence-corrected chi connectivity index (χ2v) is 3.16. The molecule has 0 aliphatic heterocycles. The molecule has 0 aromatic carbocycles. The number of esters is 1. The quantitative estimate of drug-likeness (QED) is 0.551. The van der Waals surface area contributed by atoms with Gasteiger partial charge in [0.05, 0.1) is 5.92 Å². The molecule has 0 aromatic rings. The molecule has 0 saturated carbocycles. The van der Waals surface area contributed by atoms with Crippen LogP contribution in [0.1, 0.15) is 26.7 Å². The number of ether oxygens (including phenoxy) is 1. The molecular formula is C8H11F5O2. The molecular weight excluding hydrogens is 223 g/mol. The van der Waals surface area contributed by atoms with Crippen molar-refractivity contribution in [2.45, 2.75) is 39.0 Å². The number of hydrogen-bond donors (Lipinski definition) is 0. The second-order valence-electron chi connectivity index (χ2n) is 3.16. The minimum atomic E-state index is -5.07. The molecule has 0 aliphatic rings. The zero-order valence-corrected chi connectivity index (χ0v) is 8.20. The molecule has 1 unspecified atom stereocenters. The van der Waals surface area contributed by atoms with Gasteiger partial charge in [-0.05, 0) is 6.42 Å². The van der Waals surface area contributed by atoms with Crippen LogP contribution in [0.4, 0.5) is 22.0 Å². The third kappa shape index (κ3) is 6.24. The summed E-state index contributed by atoms with van der Waals surface area (Å²) in [5, 5.41) is 0. The molecule has 0 aromatic heterocycles. The maximum absolute atomic E-state index is 12.5. The molecule has 0 radical (unpaired) electrons. The molecule has 0 spiro atoms. The smallest absolute Gasteiger partial charge is 0.400 e. The predicted molar refractivity (Wildman–Crippen MR) is 41.2 cm³/mol. The maximum atomic E-state index is 12.5. The van der Waals surface area contributed by atoms with E-state index in [9.17, 15) is 26.7 Å². The summed E-state index contributed by atoms with van der Waals surface area (Å²) in [5.74, 6) is -2.17. The van der Waals surface area contributed by atoms with Crippen LogP contribution in [-0.4, -0.2) is 18.3 Å². The van der Waals surface area contributed by atoms with E-state index in [1.165, 1.54) is 13.8 Å². The van der Waals surface area contributed by atoms with Crippen LogP contribution in [0.2, 0.25) is 0 Å². The summed E-state index contributed by atoms with van der Waals surface area (Å²) < 4.78 is 63.3. The molecule has 0 rings (SSSR count). The largest absolute Gasteiger partial charge is 0.408 e. The van der Waals surface area contributed by atoms with Crippen LogP contribution in [0.15, 0.2) is 0 Å². The van der Waals surface area contributed by atoms with Gasteiger partial charge in [0.15, 0.2) is 0 Å². The summed E-state index contributed by atoms with van der Waals surface area (Å²) in [4.78, 5) is 10.8. The highest BCUT2D eigenvalue weighted by molar-refractivity contribution is 5.72. The maximum Gasteiger partial charge on any atom is 0.408 e. The van der Waals surface area contributed by atoms with Crippen LogP contribution in [-0.2, 0) is 9.53 Å². The van der Waals surface area contributed by atoms with E-state index in [-0.39, 0.29) is 6.42 Å². The molecule has 0 N–H and O–H groups in total. The van der Waals surface area contributed by atoms with Crippen molar-refractivity contribution in [1.82, 2.24) is 0 Å². The van der Waals surface area contributed by atoms with Crippen molar-refractivity contribution in [2.75, 3.05) is 0 Å². The summed E-state index contributed by atoms with van der Waals surface area (Å²) in [7, 11) is 0. The normalized spacial score (nSPS) is 14.9. The number of alkyl halides is 5. The van der Waals surface area contributed by atoms with Crippen molar-refractivity contribution < 1.29 is 31.5 Å². The van der Waals surface area contributed by atoms with Crippen LogP contribution >= 0.6 is 0 Å². The van der Waals surface area contributed by atoms with Crippen molar-refractivity contribution in [3.05, 3.63) is 0 Å². The molecule has 1 atom stereocenters. The topological polar surface area (TPSA) is 26.3 Å². The van der Waals surface area contributed by atoms with E-state index >= 15 is 0 Å². The number of hydrogen-bond acceptors (Lipinski definition) is 2. The summed E-state index contributed by atoms with van der Waals surface area (Å²) in [6, 6.07) is 0. The standard InChI is InChI=1S/C8H11F5O2/c1-3-5(2)6(14)15-8(12,13)4-7(9,10)11/h5H,3-4H2,1-2H3. The molecule has 2 nitrogen and oxygen atoms in total. The SMILES string of the molecule is CCC(C)C(=O)OC(F)(F)CC(F)(F)F. The Hall–Kier alpha value is -0.880. The van der Waals surface area contributed by atoms with Gasteiger partial charge in [-0.3, -0.25) is 4.79 Å². The summed E-state index contributed by atoms with van der Waals surface area (Å²) in [6.07, 6.45) is -11.8. The Bertz CT molecular complexity index is 224. The zero-order valence-electron chi connectivity index (χ0n) is 8.20. The van der Waals surface area contributed by atoms with Gasteiger partial charge in [-0.15, -0.1) is 0 Å². The zero-order chi connectivity index (χ0) is 12.3. The summed E-state index contributed by atoms with van der Waals surface area (Å²) in [5.41, 5.74) is 0. The lowest BCUT2D eigenvalue weighted by atomic mass is 10.1. The van der Waals surface area contributed by atoms with E-state index in [2.05, 4.69) is 4.74 Å². The second kappa shape index (κ2) is 4.76. The Labute approximate surface area is 83.4 Å². The third-order valence-electron chi connectivity index (χ3n) is 1.67. The Kier molecular flexibility index (Phi) is 4.48. The molecule has 90 valence electrons. The fraction of sp³-hybridized carbons (Fsp3) is 0.875. The van der Waals surface area contributed by atoms with Gasteiger partial charge in [0.1, 0.15) is 6.42 Å². The molecule has 0 saturated heterocycles. The first kappa shape index (κ1) is 14.1. The molecule has 0 aliphatic carbocycles. The van der Waals surface area contributed by atoms with E-state index in [4.69, 9.17) is 0 Å². The lowest BCUT2D eigenvalue weighted by Gasteiger charge is -2.19. The number of halogens is 5. The minimum Gasteiger partial charge on any atom is -0.400 e. The molecule has 15 heavy (non-hydrogen) atoms. The third-order valence-corrected chi connectivity index (χ3v) is 1.67. The first-order chi connectivity index (χ1) is 6.57. The predicted octanol–water partition coefficient (Wildman–Crippen LogP) is 3.12. The average Bonchev–Trinajstić information content (AvgIpc) is 1.96. The summed E-state index contributed by atoms with van der Waals surface area (Å²) >= 11 is 0. The molecule has 0 bridgehead atoms. The molecule has 0 fully saturated rings. The van der Waals surface area contributed by atoms with Crippen molar-refractivity contribution in [3.8, 4) is 0 Å². The summed E-state index contributed by atoms with van der Waals surface area (Å²) in [6.45, 7) is 2.83. The van der Waals surface area contributed by atoms with Crippen molar-refractivity contribution >= 4 is 5.97 Å². The van der Waals surface area contributed by atoms with Gasteiger partial charge in [0, 0.05) is 0 Å². The van der Waals surface area contributed by atoms with Crippen LogP contribution in [0.5, 0.6) is 0 Å². The fourth-order valence-corrected chi connectivity index (χ4v) is 0.684. The van der Waals surface area contributed by atoms with Crippen molar-refractivity contribution in [1.29, 1.82) is 0 Å². The van der Waals surface area contributed by atoms with E-state index in [0.717, 1.165) is 0 Å². The first-order valence-corrected chi connectivity index (χ1v) is 4.25. The van der Waals surface area contributed by atoms with Crippen LogP contribution in [0, 0.1) is 5.92 Å². The van der Waals surface area contributed by atoms with Gasteiger partial charge in [-0.25, -0.2) is 0 Å². The molecule has 0 heterocycles. The molecule has 0 amide bonds. The van der Waals surface area contributed by atoms with E-state index < -0.39 is 30.6 Å². The lowest BCUT2D eigenvalue weighted by Crippen LogP contribution is -2.33. The first-order valence-electron chi connectivity index (χ1n) is 4.25. The molecule has 7 heteroatoms. The number of carbonyl (C=O) groups excluding carboxylic acids is 1. The van der Waals surface area contributed by atoms with E-state index in [1.807, 2.05) is 0 Å². The fourth-order valence-electron chi connectivity index (χ4n) is 0.684. The highest BCUT2D eigenvalue weighted by Gasteiger charge is 2.47. The van der Waals surface area contributed by atoms with Crippen LogP contribution < -0.4 is 0 Å². The van der Waals surface area contributed by atoms with E-state index in [0.29, 0.717) is 0 Å². The van der Waals surface area contributed by atoms with Gasteiger partial charge in [-0.1, -0.05) is 13.8 Å². The Balaban J connectivity index is 4.32. The highest BCUT2D eigenvalue weighted by atomic mass is 19.4. The van der Waals surface area contributed by atoms with Gasteiger partial charge in [-0.2, -0.15) is 22.0 Å². The average molecular weight is 234 g/mol. The van der Waals surface area contributed by atoms with Gasteiger partial charge in [0.2, 0.25) is 0 Å².